The Morgan fingerprint density at radius 2 is 2.06 bits per heavy atom. The van der Waals surface area contributed by atoms with Gasteiger partial charge in [-0.15, -0.1) is 0 Å². The standard InChI is InChI=1S/C26H20BrN5O2/c27-22-5-6-24-21-10-19(3-4-20(21)22)34-25-9-16(1-2-17(25)11-28)14-31-15-29-12-18(31)13-30-23-7-8-32(24)26(23)33/h1-6,9-10,12,15,23,30H,7-8,13-14H2. The molecular formula is C26H20BrN5O2. The summed E-state index contributed by atoms with van der Waals surface area (Å²) >= 11 is 3.64. The van der Waals surface area contributed by atoms with Gasteiger partial charge in [-0.3, -0.25) is 4.79 Å². The Balaban J connectivity index is 1.53. The fraction of sp³-hybridized carbons (Fsp3) is 0.192. The summed E-state index contributed by atoms with van der Waals surface area (Å²) in [6.45, 7) is 1.75. The van der Waals surface area contributed by atoms with Crippen molar-refractivity contribution in [2.75, 3.05) is 11.4 Å². The van der Waals surface area contributed by atoms with Crippen molar-refractivity contribution >= 4 is 38.3 Å². The summed E-state index contributed by atoms with van der Waals surface area (Å²) < 4.78 is 9.23. The molecule has 168 valence electrons. The largest absolute Gasteiger partial charge is 0.456 e. The molecule has 8 heteroatoms. The van der Waals surface area contributed by atoms with Crippen molar-refractivity contribution < 1.29 is 9.53 Å². The topological polar surface area (TPSA) is 83.2 Å². The number of benzene rings is 3. The lowest BCUT2D eigenvalue weighted by Crippen LogP contribution is -2.38. The molecule has 0 aliphatic carbocycles. The number of carbonyl (C=O) groups is 1. The number of ether oxygens (including phenoxy) is 1. The number of halogens is 1. The predicted molar refractivity (Wildman–Crippen MR) is 132 cm³/mol. The van der Waals surface area contributed by atoms with E-state index in [9.17, 15) is 10.1 Å². The van der Waals surface area contributed by atoms with E-state index in [-0.39, 0.29) is 11.9 Å². The molecule has 1 fully saturated rings. The van der Waals surface area contributed by atoms with Crippen LogP contribution in [-0.2, 0) is 17.9 Å². The van der Waals surface area contributed by atoms with Gasteiger partial charge in [-0.1, -0.05) is 22.0 Å². The monoisotopic (exact) mass is 513 g/mol. The first-order valence-electron chi connectivity index (χ1n) is 11.1. The van der Waals surface area contributed by atoms with Crippen LogP contribution in [0.5, 0.6) is 11.5 Å². The van der Waals surface area contributed by atoms with Gasteiger partial charge >= 0.3 is 0 Å². The van der Waals surface area contributed by atoms with E-state index in [4.69, 9.17) is 4.74 Å². The van der Waals surface area contributed by atoms with Crippen LogP contribution in [0.3, 0.4) is 0 Å². The molecule has 6 bridgehead atoms. The maximum absolute atomic E-state index is 13.3. The van der Waals surface area contributed by atoms with E-state index in [1.165, 1.54) is 0 Å². The summed E-state index contributed by atoms with van der Waals surface area (Å²) in [7, 11) is 0. The molecule has 34 heavy (non-hydrogen) atoms. The number of fused-ring (bicyclic) bond motifs is 7. The number of hydrogen-bond donors (Lipinski definition) is 1. The van der Waals surface area contributed by atoms with Gasteiger partial charge in [0.05, 0.1) is 29.3 Å². The van der Waals surface area contributed by atoms with Crippen LogP contribution in [0.1, 0.15) is 23.2 Å². The second-order valence-corrected chi connectivity index (χ2v) is 9.40. The van der Waals surface area contributed by atoms with E-state index in [1.807, 2.05) is 58.1 Å². The second-order valence-electron chi connectivity index (χ2n) is 8.54. The molecule has 3 aromatic carbocycles. The summed E-state index contributed by atoms with van der Waals surface area (Å²) in [5.74, 6) is 1.17. The fourth-order valence-electron chi connectivity index (χ4n) is 4.71. The summed E-state index contributed by atoms with van der Waals surface area (Å²) in [4.78, 5) is 19.5. The summed E-state index contributed by atoms with van der Waals surface area (Å²) in [5.41, 5.74) is 3.29. The predicted octanol–water partition coefficient (Wildman–Crippen LogP) is 4.72. The average molecular weight is 514 g/mol. The van der Waals surface area contributed by atoms with Crippen LogP contribution in [0, 0.1) is 11.3 Å². The molecule has 0 spiro atoms. The molecular weight excluding hydrogens is 494 g/mol. The number of anilines is 1. The summed E-state index contributed by atoms with van der Waals surface area (Å²) in [5, 5.41) is 15.0. The number of aromatic nitrogens is 2. The number of hydrogen-bond acceptors (Lipinski definition) is 5. The van der Waals surface area contributed by atoms with Gasteiger partial charge in [0.2, 0.25) is 5.91 Å². The molecule has 1 atom stereocenters. The van der Waals surface area contributed by atoms with E-state index in [2.05, 4.69) is 32.3 Å². The number of carbonyl (C=O) groups excluding carboxylic acids is 1. The lowest BCUT2D eigenvalue weighted by Gasteiger charge is -2.21. The third kappa shape index (κ3) is 3.54. The van der Waals surface area contributed by atoms with Crippen molar-refractivity contribution in [2.45, 2.75) is 25.6 Å². The highest BCUT2D eigenvalue weighted by molar-refractivity contribution is 9.10. The fourth-order valence-corrected chi connectivity index (χ4v) is 5.19. The number of rotatable bonds is 0. The first-order chi connectivity index (χ1) is 16.6. The number of imidazole rings is 1. The van der Waals surface area contributed by atoms with Crippen molar-refractivity contribution in [3.8, 4) is 17.6 Å². The molecule has 6 rings (SSSR count). The highest BCUT2D eigenvalue weighted by Gasteiger charge is 2.33. The minimum Gasteiger partial charge on any atom is -0.456 e. The smallest absolute Gasteiger partial charge is 0.244 e. The van der Waals surface area contributed by atoms with Crippen LogP contribution in [0.4, 0.5) is 5.69 Å². The van der Waals surface area contributed by atoms with Gasteiger partial charge in [-0.25, -0.2) is 4.98 Å². The zero-order chi connectivity index (χ0) is 23.2. The van der Waals surface area contributed by atoms with Crippen molar-refractivity contribution in [1.82, 2.24) is 14.9 Å². The third-order valence-electron chi connectivity index (χ3n) is 6.48. The SMILES string of the molecule is N#Cc1ccc2cc1Oc1ccc3c(Br)ccc(c3c1)N1CCC(NCc3cncn3C2)C1=O. The molecule has 1 saturated heterocycles. The van der Waals surface area contributed by atoms with Crippen molar-refractivity contribution in [3.05, 3.63) is 82.3 Å². The number of nitrogens with zero attached hydrogens (tertiary/aromatic N) is 4. The normalized spacial score (nSPS) is 17.5. The minimum atomic E-state index is -0.254. The van der Waals surface area contributed by atoms with Gasteiger partial charge in [0.15, 0.2) is 0 Å². The van der Waals surface area contributed by atoms with Gasteiger partial charge in [0, 0.05) is 35.7 Å². The third-order valence-corrected chi connectivity index (χ3v) is 7.17. The lowest BCUT2D eigenvalue weighted by molar-refractivity contribution is -0.118. The molecule has 3 heterocycles. The van der Waals surface area contributed by atoms with Crippen LogP contribution in [-0.4, -0.2) is 28.0 Å². The number of nitrogens with one attached hydrogen (secondary N) is 1. The molecule has 0 saturated carbocycles. The molecule has 2 aliphatic rings. The lowest BCUT2D eigenvalue weighted by atomic mass is 10.1. The average Bonchev–Trinajstić information content (AvgIpc) is 3.43. The van der Waals surface area contributed by atoms with E-state index in [0.29, 0.717) is 36.7 Å². The highest BCUT2D eigenvalue weighted by Crippen LogP contribution is 2.38. The molecule has 1 amide bonds. The highest BCUT2D eigenvalue weighted by atomic mass is 79.9. The molecule has 1 unspecified atom stereocenters. The van der Waals surface area contributed by atoms with E-state index >= 15 is 0 Å². The Morgan fingerprint density at radius 1 is 1.15 bits per heavy atom. The molecule has 1 N–H and O–H groups in total. The minimum absolute atomic E-state index is 0.0603. The van der Waals surface area contributed by atoms with Crippen molar-refractivity contribution in [1.29, 1.82) is 5.26 Å². The molecule has 1 aromatic heterocycles. The zero-order valence-electron chi connectivity index (χ0n) is 18.2. The van der Waals surface area contributed by atoms with Crippen LogP contribution in [0.25, 0.3) is 10.8 Å². The summed E-state index contributed by atoms with van der Waals surface area (Å²) in [6, 6.07) is 17.3. The molecule has 4 aromatic rings. The van der Waals surface area contributed by atoms with E-state index in [0.717, 1.165) is 38.6 Å². The van der Waals surface area contributed by atoms with Crippen molar-refractivity contribution in [3.63, 3.8) is 0 Å². The Hall–Kier alpha value is -3.67. The van der Waals surface area contributed by atoms with Gasteiger partial charge in [-0.2, -0.15) is 5.26 Å². The van der Waals surface area contributed by atoms with Gasteiger partial charge in [0.1, 0.15) is 17.6 Å². The Morgan fingerprint density at radius 3 is 2.94 bits per heavy atom. The molecule has 2 aliphatic heterocycles. The van der Waals surface area contributed by atoms with Gasteiger partial charge < -0.3 is 19.5 Å². The first-order valence-corrected chi connectivity index (χ1v) is 11.9. The maximum atomic E-state index is 13.3. The maximum Gasteiger partial charge on any atom is 0.244 e. The van der Waals surface area contributed by atoms with Crippen LogP contribution >= 0.6 is 15.9 Å². The Labute approximate surface area is 204 Å². The zero-order valence-corrected chi connectivity index (χ0v) is 19.7. The summed E-state index contributed by atoms with van der Waals surface area (Å²) in [6.07, 6.45) is 4.33. The van der Waals surface area contributed by atoms with Crippen LogP contribution < -0.4 is 15.0 Å². The second kappa shape index (κ2) is 8.28. The molecule has 7 nitrogen and oxygen atoms in total. The van der Waals surface area contributed by atoms with E-state index < -0.39 is 0 Å². The Kier molecular flexibility index (Phi) is 5.09. The van der Waals surface area contributed by atoms with Crippen molar-refractivity contribution in [2.24, 2.45) is 0 Å². The Bertz CT molecular complexity index is 1490. The van der Waals surface area contributed by atoms with Crippen LogP contribution in [0.15, 0.2) is 65.5 Å². The number of amides is 1. The van der Waals surface area contributed by atoms with Gasteiger partial charge in [0.25, 0.3) is 0 Å². The molecule has 0 radical (unpaired) electrons. The first kappa shape index (κ1) is 20.9. The van der Waals surface area contributed by atoms with E-state index in [1.54, 1.807) is 12.4 Å². The van der Waals surface area contributed by atoms with Gasteiger partial charge in [-0.05, 0) is 59.8 Å². The number of nitriles is 1. The van der Waals surface area contributed by atoms with Crippen LogP contribution in [0.2, 0.25) is 0 Å². The quantitative estimate of drug-likeness (QED) is 0.367.